The number of nitrogens with one attached hydrogen (secondary N) is 2. The van der Waals surface area contributed by atoms with E-state index in [-0.39, 0.29) is 0 Å². The zero-order valence-corrected chi connectivity index (χ0v) is 18.7. The Kier molecular flexibility index (Phi) is 5.73. The third-order valence-electron chi connectivity index (χ3n) is 5.95. The third kappa shape index (κ3) is 4.03. The SMILES string of the molecule is CCCn1cc(-c2ccnc(Nc3ccc(N4CCNCC4)cc3)n2)c2nccc(C)c21. The van der Waals surface area contributed by atoms with Crippen LogP contribution in [0.1, 0.15) is 18.9 Å². The number of aromatic nitrogens is 4. The lowest BCUT2D eigenvalue weighted by molar-refractivity contribution is 0.589. The molecule has 0 bridgehead atoms. The number of piperazine rings is 1. The molecule has 1 fully saturated rings. The summed E-state index contributed by atoms with van der Waals surface area (Å²) >= 11 is 0. The summed E-state index contributed by atoms with van der Waals surface area (Å²) in [5.41, 5.74) is 7.53. The lowest BCUT2D eigenvalue weighted by Crippen LogP contribution is -2.43. The smallest absolute Gasteiger partial charge is 0.227 e. The van der Waals surface area contributed by atoms with Crippen molar-refractivity contribution in [3.8, 4) is 11.3 Å². The Labute approximate surface area is 188 Å². The number of benzene rings is 1. The highest BCUT2D eigenvalue weighted by atomic mass is 15.2. The molecule has 32 heavy (non-hydrogen) atoms. The molecule has 164 valence electrons. The van der Waals surface area contributed by atoms with Gasteiger partial charge in [0.15, 0.2) is 0 Å². The van der Waals surface area contributed by atoms with Gasteiger partial charge in [0.25, 0.3) is 0 Å². The average molecular weight is 428 g/mol. The van der Waals surface area contributed by atoms with Crippen LogP contribution >= 0.6 is 0 Å². The maximum absolute atomic E-state index is 4.81. The fourth-order valence-electron chi connectivity index (χ4n) is 4.37. The summed E-state index contributed by atoms with van der Waals surface area (Å²) in [7, 11) is 0. The van der Waals surface area contributed by atoms with Gasteiger partial charge in [-0.1, -0.05) is 6.92 Å². The number of hydrogen-bond donors (Lipinski definition) is 2. The molecule has 1 aliphatic rings. The number of nitrogens with zero attached hydrogens (tertiary/aromatic N) is 5. The molecule has 4 aromatic rings. The van der Waals surface area contributed by atoms with Gasteiger partial charge in [-0.25, -0.2) is 9.97 Å². The van der Waals surface area contributed by atoms with Crippen molar-refractivity contribution < 1.29 is 0 Å². The van der Waals surface area contributed by atoms with Crippen molar-refractivity contribution in [2.45, 2.75) is 26.8 Å². The van der Waals surface area contributed by atoms with Gasteiger partial charge >= 0.3 is 0 Å². The van der Waals surface area contributed by atoms with Crippen LogP contribution < -0.4 is 15.5 Å². The lowest BCUT2D eigenvalue weighted by atomic mass is 10.1. The first-order chi connectivity index (χ1) is 15.7. The number of hydrogen-bond acceptors (Lipinski definition) is 6. The molecular formula is C25H29N7. The molecular weight excluding hydrogens is 398 g/mol. The van der Waals surface area contributed by atoms with Crippen LogP contribution in [0.25, 0.3) is 22.3 Å². The Morgan fingerprint density at radius 2 is 1.78 bits per heavy atom. The Bertz CT molecular complexity index is 1210. The van der Waals surface area contributed by atoms with Crippen molar-refractivity contribution in [3.63, 3.8) is 0 Å². The molecule has 1 saturated heterocycles. The lowest BCUT2D eigenvalue weighted by Gasteiger charge is -2.29. The van der Waals surface area contributed by atoms with Crippen LogP contribution in [0.3, 0.4) is 0 Å². The second kappa shape index (κ2) is 8.96. The van der Waals surface area contributed by atoms with Crippen LogP contribution in [0.4, 0.5) is 17.3 Å². The molecule has 1 aromatic carbocycles. The summed E-state index contributed by atoms with van der Waals surface area (Å²) in [6.45, 7) is 9.43. The molecule has 0 atom stereocenters. The topological polar surface area (TPSA) is 70.9 Å². The Hall–Kier alpha value is -3.45. The van der Waals surface area contributed by atoms with E-state index in [0.717, 1.165) is 61.6 Å². The molecule has 0 saturated carbocycles. The standard InChI is InChI=1S/C25H29N7/c1-3-14-32-17-21(23-24(32)18(2)8-10-27-23)22-9-11-28-25(30-22)29-19-4-6-20(7-5-19)31-15-12-26-13-16-31/h4-11,17,26H,3,12-16H2,1-2H3,(H,28,29,30). The summed E-state index contributed by atoms with van der Waals surface area (Å²) in [5, 5.41) is 6.75. The fraction of sp³-hybridized carbons (Fsp3) is 0.320. The molecule has 0 aliphatic carbocycles. The van der Waals surface area contributed by atoms with Crippen molar-refractivity contribution in [3.05, 3.63) is 60.6 Å². The number of rotatable bonds is 6. The summed E-state index contributed by atoms with van der Waals surface area (Å²) in [6.07, 6.45) is 6.91. The molecule has 0 spiro atoms. The summed E-state index contributed by atoms with van der Waals surface area (Å²) in [5.74, 6) is 0.585. The zero-order valence-electron chi connectivity index (χ0n) is 18.7. The van der Waals surface area contributed by atoms with Crippen molar-refractivity contribution in [1.82, 2.24) is 24.8 Å². The van der Waals surface area contributed by atoms with Crippen molar-refractivity contribution in [2.24, 2.45) is 0 Å². The molecule has 0 unspecified atom stereocenters. The molecule has 2 N–H and O–H groups in total. The summed E-state index contributed by atoms with van der Waals surface area (Å²) in [6, 6.07) is 12.5. The van der Waals surface area contributed by atoms with Gasteiger partial charge in [-0.3, -0.25) is 4.98 Å². The highest BCUT2D eigenvalue weighted by molar-refractivity contribution is 5.93. The molecule has 0 radical (unpaired) electrons. The number of fused-ring (bicyclic) bond motifs is 1. The first-order valence-electron chi connectivity index (χ1n) is 11.3. The van der Waals surface area contributed by atoms with Crippen molar-refractivity contribution in [1.29, 1.82) is 0 Å². The first-order valence-corrected chi connectivity index (χ1v) is 11.3. The third-order valence-corrected chi connectivity index (χ3v) is 5.95. The van der Waals surface area contributed by atoms with E-state index in [1.165, 1.54) is 16.8 Å². The van der Waals surface area contributed by atoms with Gasteiger partial charge in [-0.2, -0.15) is 0 Å². The predicted molar refractivity (Wildman–Crippen MR) is 131 cm³/mol. The molecule has 7 nitrogen and oxygen atoms in total. The monoisotopic (exact) mass is 427 g/mol. The van der Waals surface area contributed by atoms with Crippen LogP contribution in [0.5, 0.6) is 0 Å². The molecule has 3 aromatic heterocycles. The van der Waals surface area contributed by atoms with Crippen molar-refractivity contribution >= 4 is 28.4 Å². The number of aryl methyl sites for hydroxylation is 2. The van der Waals surface area contributed by atoms with Gasteiger partial charge in [0.05, 0.1) is 16.7 Å². The average Bonchev–Trinajstić information content (AvgIpc) is 3.20. The molecule has 0 amide bonds. The Balaban J connectivity index is 1.41. The number of pyridine rings is 1. The predicted octanol–water partition coefficient (Wildman–Crippen LogP) is 4.36. The van der Waals surface area contributed by atoms with Gasteiger partial charge in [-0.15, -0.1) is 0 Å². The largest absolute Gasteiger partial charge is 0.369 e. The van der Waals surface area contributed by atoms with E-state index in [4.69, 9.17) is 4.98 Å². The van der Waals surface area contributed by atoms with E-state index < -0.39 is 0 Å². The minimum Gasteiger partial charge on any atom is -0.369 e. The number of anilines is 3. The highest BCUT2D eigenvalue weighted by Crippen LogP contribution is 2.30. The minimum atomic E-state index is 0.585. The van der Waals surface area contributed by atoms with Gasteiger partial charge in [0, 0.05) is 68.3 Å². The summed E-state index contributed by atoms with van der Waals surface area (Å²) < 4.78 is 2.29. The molecule has 5 rings (SSSR count). The van der Waals surface area contributed by atoms with E-state index in [9.17, 15) is 0 Å². The molecule has 4 heterocycles. The maximum atomic E-state index is 4.81. The molecule has 7 heteroatoms. The van der Waals surface area contributed by atoms with Gasteiger partial charge in [0.2, 0.25) is 5.95 Å². The molecule has 1 aliphatic heterocycles. The maximum Gasteiger partial charge on any atom is 0.227 e. The van der Waals surface area contributed by atoms with E-state index in [1.54, 1.807) is 6.20 Å². The van der Waals surface area contributed by atoms with Gasteiger partial charge in [0.1, 0.15) is 0 Å². The Morgan fingerprint density at radius 1 is 1.00 bits per heavy atom. The second-order valence-electron chi connectivity index (χ2n) is 8.24. The van der Waals surface area contributed by atoms with Gasteiger partial charge < -0.3 is 20.1 Å². The zero-order chi connectivity index (χ0) is 21.9. The van der Waals surface area contributed by atoms with Crippen LogP contribution in [-0.4, -0.2) is 45.7 Å². The van der Waals surface area contributed by atoms with Crippen molar-refractivity contribution in [2.75, 3.05) is 36.4 Å². The van der Waals surface area contributed by atoms with Crippen LogP contribution in [0.2, 0.25) is 0 Å². The minimum absolute atomic E-state index is 0.585. The van der Waals surface area contributed by atoms with Crippen LogP contribution in [0.15, 0.2) is 55.0 Å². The summed E-state index contributed by atoms with van der Waals surface area (Å²) in [4.78, 5) is 16.3. The van der Waals surface area contributed by atoms with E-state index in [0.29, 0.717) is 5.95 Å². The second-order valence-corrected chi connectivity index (χ2v) is 8.24. The van der Waals surface area contributed by atoms with Crippen LogP contribution in [-0.2, 0) is 6.54 Å². The van der Waals surface area contributed by atoms with Gasteiger partial charge in [-0.05, 0) is 55.3 Å². The van der Waals surface area contributed by atoms with E-state index in [2.05, 4.69) is 80.4 Å². The highest BCUT2D eigenvalue weighted by Gasteiger charge is 2.15. The quantitative estimate of drug-likeness (QED) is 0.476. The van der Waals surface area contributed by atoms with Crippen LogP contribution in [0, 0.1) is 6.92 Å². The Morgan fingerprint density at radius 3 is 2.56 bits per heavy atom. The fourth-order valence-corrected chi connectivity index (χ4v) is 4.37. The normalized spacial score (nSPS) is 14.1. The first kappa shape index (κ1) is 20.5. The van der Waals surface area contributed by atoms with E-state index in [1.807, 2.05) is 12.3 Å². The van der Waals surface area contributed by atoms with E-state index >= 15 is 0 Å².